The lowest BCUT2D eigenvalue weighted by Gasteiger charge is -1.96. The number of alkyl halides is 1. The summed E-state index contributed by atoms with van der Waals surface area (Å²) in [7, 11) is 0. The van der Waals surface area contributed by atoms with Crippen LogP contribution in [0.2, 0.25) is 0 Å². The first kappa shape index (κ1) is 10.9. The number of aromatic nitrogens is 1. The van der Waals surface area contributed by atoms with Gasteiger partial charge in [-0.15, -0.1) is 11.6 Å². The van der Waals surface area contributed by atoms with Crippen LogP contribution in [0.15, 0.2) is 18.3 Å². The van der Waals surface area contributed by atoms with Crippen LogP contribution in [0.4, 0.5) is 0 Å². The Morgan fingerprint density at radius 3 is 3.14 bits per heavy atom. The lowest BCUT2D eigenvalue weighted by Crippen LogP contribution is -2.04. The van der Waals surface area contributed by atoms with E-state index in [1.54, 1.807) is 25.3 Å². The second-order valence-corrected chi connectivity index (χ2v) is 2.93. The van der Waals surface area contributed by atoms with Crippen LogP contribution in [-0.4, -0.2) is 23.4 Å². The van der Waals surface area contributed by atoms with Crippen molar-refractivity contribution in [1.82, 2.24) is 4.98 Å². The van der Waals surface area contributed by atoms with E-state index in [0.717, 1.165) is 5.56 Å². The number of halogens is 1. The molecule has 0 saturated heterocycles. The minimum absolute atomic E-state index is 0.335. The predicted octanol–water partition coefficient (Wildman–Crippen LogP) is 2.44. The lowest BCUT2D eigenvalue weighted by atomic mass is 10.3. The zero-order chi connectivity index (χ0) is 10.4. The maximum Gasteiger partial charge on any atom is 0.354 e. The first-order chi connectivity index (χ1) is 6.77. The summed E-state index contributed by atoms with van der Waals surface area (Å²) in [5.74, 6) is 0.123. The van der Waals surface area contributed by atoms with Gasteiger partial charge in [0.05, 0.1) is 6.61 Å². The van der Waals surface area contributed by atoms with Crippen molar-refractivity contribution in [1.29, 1.82) is 0 Å². The van der Waals surface area contributed by atoms with Gasteiger partial charge in [-0.25, -0.2) is 4.79 Å². The van der Waals surface area contributed by atoms with Gasteiger partial charge in [0.15, 0.2) is 0 Å². The van der Waals surface area contributed by atoms with Crippen LogP contribution < -0.4 is 0 Å². The number of aromatic amines is 1. The van der Waals surface area contributed by atoms with Gasteiger partial charge in [-0.1, -0.05) is 12.2 Å². The van der Waals surface area contributed by atoms with Crippen LogP contribution in [0, 0.1) is 0 Å². The summed E-state index contributed by atoms with van der Waals surface area (Å²) in [5, 5.41) is 0. The van der Waals surface area contributed by atoms with E-state index in [1.165, 1.54) is 0 Å². The van der Waals surface area contributed by atoms with Crippen molar-refractivity contribution in [2.24, 2.45) is 0 Å². The normalized spacial score (nSPS) is 10.7. The molecule has 1 aromatic heterocycles. The standard InChI is InChI=1S/C10H12ClNO2/c1-2-14-10(13)9-6-8(7-12-9)4-3-5-11/h3-4,6-7,12H,2,5H2,1H3. The molecule has 1 N–H and O–H groups in total. The molecule has 0 aliphatic carbocycles. The predicted molar refractivity (Wildman–Crippen MR) is 56.5 cm³/mol. The number of rotatable bonds is 4. The highest BCUT2D eigenvalue weighted by Gasteiger charge is 2.07. The molecule has 0 unspecified atom stereocenters. The Kier molecular flexibility index (Phi) is 4.26. The van der Waals surface area contributed by atoms with Gasteiger partial charge in [-0.3, -0.25) is 0 Å². The Hall–Kier alpha value is -1.22. The molecule has 0 saturated carbocycles. The van der Waals surface area contributed by atoms with E-state index in [-0.39, 0.29) is 5.97 Å². The molecule has 0 aromatic carbocycles. The van der Waals surface area contributed by atoms with Crippen LogP contribution >= 0.6 is 11.6 Å². The Morgan fingerprint density at radius 1 is 1.71 bits per heavy atom. The molecule has 1 heterocycles. The second-order valence-electron chi connectivity index (χ2n) is 2.62. The molecule has 0 bridgehead atoms. The van der Waals surface area contributed by atoms with Gasteiger partial charge in [0.25, 0.3) is 0 Å². The zero-order valence-corrected chi connectivity index (χ0v) is 8.67. The minimum Gasteiger partial charge on any atom is -0.461 e. The molecule has 3 nitrogen and oxygen atoms in total. The van der Waals surface area contributed by atoms with E-state index >= 15 is 0 Å². The molecule has 14 heavy (non-hydrogen) atoms. The van der Waals surface area contributed by atoms with Crippen molar-refractivity contribution >= 4 is 23.6 Å². The molecule has 0 fully saturated rings. The molecule has 0 amide bonds. The summed E-state index contributed by atoms with van der Waals surface area (Å²) in [6.07, 6.45) is 5.38. The van der Waals surface area contributed by atoms with Gasteiger partial charge < -0.3 is 9.72 Å². The largest absolute Gasteiger partial charge is 0.461 e. The van der Waals surface area contributed by atoms with Gasteiger partial charge in [-0.2, -0.15) is 0 Å². The Balaban J connectivity index is 2.67. The van der Waals surface area contributed by atoms with Crippen molar-refractivity contribution in [3.05, 3.63) is 29.6 Å². The third-order valence-electron chi connectivity index (χ3n) is 1.60. The van der Waals surface area contributed by atoms with Gasteiger partial charge in [0.1, 0.15) is 5.69 Å². The Labute approximate surface area is 87.7 Å². The van der Waals surface area contributed by atoms with Gasteiger partial charge in [0, 0.05) is 12.1 Å². The molecule has 0 radical (unpaired) electrons. The van der Waals surface area contributed by atoms with E-state index in [2.05, 4.69) is 4.98 Å². The number of hydrogen-bond donors (Lipinski definition) is 1. The molecule has 76 valence electrons. The third-order valence-corrected chi connectivity index (χ3v) is 1.78. The quantitative estimate of drug-likeness (QED) is 0.617. The molecule has 0 atom stereocenters. The topological polar surface area (TPSA) is 42.1 Å². The van der Waals surface area contributed by atoms with Crippen molar-refractivity contribution in [2.75, 3.05) is 12.5 Å². The number of carbonyl (C=O) groups excluding carboxylic acids is 1. The number of ether oxygens (including phenoxy) is 1. The minimum atomic E-state index is -0.335. The summed E-state index contributed by atoms with van der Waals surface area (Å²) in [4.78, 5) is 14.1. The molecule has 0 aliphatic rings. The van der Waals surface area contributed by atoms with Gasteiger partial charge in [-0.05, 0) is 18.6 Å². The smallest absolute Gasteiger partial charge is 0.354 e. The van der Waals surface area contributed by atoms with Crippen LogP contribution in [0.3, 0.4) is 0 Å². The first-order valence-electron chi connectivity index (χ1n) is 4.36. The van der Waals surface area contributed by atoms with Crippen molar-refractivity contribution in [3.8, 4) is 0 Å². The first-order valence-corrected chi connectivity index (χ1v) is 4.89. The fraction of sp³-hybridized carbons (Fsp3) is 0.300. The molecular weight excluding hydrogens is 202 g/mol. The van der Waals surface area contributed by atoms with E-state index in [4.69, 9.17) is 16.3 Å². The number of allylic oxidation sites excluding steroid dienone is 1. The number of nitrogens with one attached hydrogen (secondary N) is 1. The maximum absolute atomic E-state index is 11.2. The monoisotopic (exact) mass is 213 g/mol. The van der Waals surface area contributed by atoms with Crippen LogP contribution in [0.5, 0.6) is 0 Å². The Morgan fingerprint density at radius 2 is 2.50 bits per heavy atom. The van der Waals surface area contributed by atoms with E-state index < -0.39 is 0 Å². The molecule has 1 aromatic rings. The van der Waals surface area contributed by atoms with Crippen molar-refractivity contribution in [2.45, 2.75) is 6.92 Å². The molecule has 0 aliphatic heterocycles. The fourth-order valence-corrected chi connectivity index (χ4v) is 1.10. The molecular formula is C10H12ClNO2. The van der Waals surface area contributed by atoms with E-state index in [1.807, 2.05) is 6.08 Å². The summed E-state index contributed by atoms with van der Waals surface area (Å²) in [6.45, 7) is 2.15. The summed E-state index contributed by atoms with van der Waals surface area (Å²) >= 11 is 5.48. The van der Waals surface area contributed by atoms with E-state index in [9.17, 15) is 4.79 Å². The fourth-order valence-electron chi connectivity index (χ4n) is 1.01. The van der Waals surface area contributed by atoms with Crippen LogP contribution in [0.25, 0.3) is 6.08 Å². The number of carbonyl (C=O) groups is 1. The van der Waals surface area contributed by atoms with Crippen LogP contribution in [0.1, 0.15) is 23.0 Å². The van der Waals surface area contributed by atoms with Crippen LogP contribution in [-0.2, 0) is 4.74 Å². The average Bonchev–Trinajstić information content (AvgIpc) is 2.63. The lowest BCUT2D eigenvalue weighted by molar-refractivity contribution is 0.0520. The Bertz CT molecular complexity index is 331. The maximum atomic E-state index is 11.2. The highest BCUT2D eigenvalue weighted by molar-refractivity contribution is 6.19. The summed E-state index contributed by atoms with van der Waals surface area (Å²) in [6, 6.07) is 1.72. The average molecular weight is 214 g/mol. The SMILES string of the molecule is CCOC(=O)c1cc(C=CCCl)c[nH]1. The second kappa shape index (κ2) is 5.50. The van der Waals surface area contributed by atoms with Gasteiger partial charge in [0.2, 0.25) is 0 Å². The summed E-state index contributed by atoms with van der Waals surface area (Å²) < 4.78 is 4.83. The van der Waals surface area contributed by atoms with E-state index in [0.29, 0.717) is 18.2 Å². The van der Waals surface area contributed by atoms with Crippen molar-refractivity contribution in [3.63, 3.8) is 0 Å². The number of hydrogen-bond acceptors (Lipinski definition) is 2. The molecule has 0 spiro atoms. The third kappa shape index (κ3) is 2.92. The highest BCUT2D eigenvalue weighted by Crippen LogP contribution is 2.07. The molecule has 1 rings (SSSR count). The summed E-state index contributed by atoms with van der Waals surface area (Å²) in [5.41, 5.74) is 1.37. The number of esters is 1. The molecule has 4 heteroatoms. The van der Waals surface area contributed by atoms with Gasteiger partial charge >= 0.3 is 5.97 Å². The van der Waals surface area contributed by atoms with Crippen molar-refractivity contribution < 1.29 is 9.53 Å². The highest BCUT2D eigenvalue weighted by atomic mass is 35.5. The zero-order valence-electron chi connectivity index (χ0n) is 7.92. The number of H-pyrrole nitrogens is 1.